The van der Waals surface area contributed by atoms with Gasteiger partial charge in [-0.3, -0.25) is 4.79 Å². The van der Waals surface area contributed by atoms with Crippen LogP contribution in [0.25, 0.3) is 0 Å². The van der Waals surface area contributed by atoms with Gasteiger partial charge in [0.25, 0.3) is 5.91 Å². The first-order valence-corrected chi connectivity index (χ1v) is 7.38. The van der Waals surface area contributed by atoms with Crippen LogP contribution in [0.4, 0.5) is 5.95 Å². The Balaban J connectivity index is 2.11. The van der Waals surface area contributed by atoms with Gasteiger partial charge < -0.3 is 25.8 Å². The van der Waals surface area contributed by atoms with E-state index in [-0.39, 0.29) is 11.9 Å². The summed E-state index contributed by atoms with van der Waals surface area (Å²) in [5, 5.41) is 0. The number of hydrogen-bond acceptors (Lipinski definition) is 7. The zero-order valence-corrected chi connectivity index (χ0v) is 13.7. The molecule has 0 saturated heterocycles. The van der Waals surface area contributed by atoms with Gasteiger partial charge in [-0.15, -0.1) is 0 Å². The van der Waals surface area contributed by atoms with Gasteiger partial charge >= 0.3 is 0 Å². The van der Waals surface area contributed by atoms with Crippen LogP contribution in [-0.4, -0.2) is 48.1 Å². The number of rotatable bonds is 7. The molecule has 2 aromatic rings. The van der Waals surface area contributed by atoms with Crippen LogP contribution in [0.15, 0.2) is 30.6 Å². The number of amides is 1. The summed E-state index contributed by atoms with van der Waals surface area (Å²) in [4.78, 5) is 21.9. The molecule has 8 nitrogen and oxygen atoms in total. The van der Waals surface area contributed by atoms with Gasteiger partial charge in [-0.2, -0.15) is 0 Å². The van der Waals surface area contributed by atoms with Crippen LogP contribution >= 0.6 is 0 Å². The molecular weight excluding hydrogens is 310 g/mol. The molecule has 0 bridgehead atoms. The number of hydrogen-bond donors (Lipinski definition) is 2. The summed E-state index contributed by atoms with van der Waals surface area (Å²) < 4.78 is 10.7. The minimum Gasteiger partial charge on any atom is -0.493 e. The van der Waals surface area contributed by atoms with Gasteiger partial charge in [0, 0.05) is 43.7 Å². The molecule has 24 heavy (non-hydrogen) atoms. The predicted octanol–water partition coefficient (Wildman–Crippen LogP) is 0.677. The molecule has 0 atom stereocenters. The van der Waals surface area contributed by atoms with Crippen molar-refractivity contribution in [3.8, 4) is 11.5 Å². The molecule has 0 aliphatic rings. The molecule has 1 heterocycles. The average Bonchev–Trinajstić information content (AvgIpc) is 2.61. The first-order chi connectivity index (χ1) is 11.5. The summed E-state index contributed by atoms with van der Waals surface area (Å²) in [6, 6.07) is 5.03. The molecule has 0 radical (unpaired) electrons. The first-order valence-electron chi connectivity index (χ1n) is 7.38. The normalized spacial score (nSPS) is 10.3. The van der Waals surface area contributed by atoms with Crippen molar-refractivity contribution >= 4 is 11.9 Å². The monoisotopic (exact) mass is 331 g/mol. The fourth-order valence-corrected chi connectivity index (χ4v) is 2.10. The third-order valence-electron chi connectivity index (χ3n) is 3.28. The number of benzene rings is 1. The molecule has 1 amide bonds. The number of nitrogens with two attached hydrogens (primary N) is 2. The smallest absolute Gasteiger partial charge is 0.254 e. The summed E-state index contributed by atoms with van der Waals surface area (Å²) in [6.07, 6.45) is 3.19. The second kappa shape index (κ2) is 8.11. The van der Waals surface area contributed by atoms with Crippen LogP contribution in [0.5, 0.6) is 11.5 Å². The third kappa shape index (κ3) is 4.32. The highest BCUT2D eigenvalue weighted by molar-refractivity contribution is 5.94. The Kier molecular flexibility index (Phi) is 5.91. The number of carbonyl (C=O) groups excluding carboxylic acids is 1. The highest BCUT2D eigenvalue weighted by Crippen LogP contribution is 2.28. The molecule has 1 aromatic heterocycles. The van der Waals surface area contributed by atoms with Crippen LogP contribution in [0.1, 0.15) is 15.9 Å². The Bertz CT molecular complexity index is 691. The molecular formula is C16H21N5O3. The third-order valence-corrected chi connectivity index (χ3v) is 3.28. The Morgan fingerprint density at radius 1 is 1.25 bits per heavy atom. The van der Waals surface area contributed by atoms with Crippen LogP contribution in [-0.2, 0) is 6.54 Å². The van der Waals surface area contributed by atoms with E-state index in [1.165, 1.54) is 7.11 Å². The van der Waals surface area contributed by atoms with Gasteiger partial charge in [0.1, 0.15) is 6.61 Å². The summed E-state index contributed by atoms with van der Waals surface area (Å²) in [6.45, 7) is 1.14. The number of aromatic nitrogens is 2. The molecule has 0 aliphatic carbocycles. The maximum absolute atomic E-state index is 12.6. The molecule has 0 saturated carbocycles. The molecule has 1 aromatic carbocycles. The van der Waals surface area contributed by atoms with E-state index >= 15 is 0 Å². The number of nitrogen functional groups attached to an aromatic ring is 1. The molecule has 128 valence electrons. The first kappa shape index (κ1) is 17.5. The van der Waals surface area contributed by atoms with Gasteiger partial charge in [0.15, 0.2) is 11.5 Å². The summed E-state index contributed by atoms with van der Waals surface area (Å²) in [5.74, 6) is 1.08. The Morgan fingerprint density at radius 2 is 1.96 bits per heavy atom. The fraction of sp³-hybridized carbons (Fsp3) is 0.312. The standard InChI is InChI=1S/C16H21N5O3/c1-21(10-11-8-19-16(18)20-9-11)15(22)12-3-4-13(24-6-5-17)14(7-12)23-2/h3-4,7-9H,5-6,10,17H2,1-2H3,(H2,18,19,20). The van der Waals surface area contributed by atoms with Gasteiger partial charge in [0.05, 0.1) is 7.11 Å². The lowest BCUT2D eigenvalue weighted by Gasteiger charge is -2.18. The van der Waals surface area contributed by atoms with Gasteiger partial charge in [0.2, 0.25) is 5.95 Å². The van der Waals surface area contributed by atoms with Crippen molar-refractivity contribution in [2.75, 3.05) is 33.0 Å². The highest BCUT2D eigenvalue weighted by Gasteiger charge is 2.15. The van der Waals surface area contributed by atoms with Gasteiger partial charge in [-0.25, -0.2) is 9.97 Å². The molecule has 0 fully saturated rings. The second-order valence-corrected chi connectivity index (χ2v) is 5.11. The minimum atomic E-state index is -0.157. The van der Waals surface area contributed by atoms with Gasteiger partial charge in [-0.1, -0.05) is 0 Å². The van der Waals surface area contributed by atoms with Crippen LogP contribution in [0.2, 0.25) is 0 Å². The van der Waals surface area contributed by atoms with Crippen LogP contribution in [0, 0.1) is 0 Å². The largest absolute Gasteiger partial charge is 0.493 e. The lowest BCUT2D eigenvalue weighted by molar-refractivity contribution is 0.0784. The molecule has 0 aliphatic heterocycles. The van der Waals surface area contributed by atoms with Crippen molar-refractivity contribution in [2.45, 2.75) is 6.54 Å². The summed E-state index contributed by atoms with van der Waals surface area (Å²) in [5.41, 5.74) is 12.2. The topological polar surface area (TPSA) is 117 Å². The van der Waals surface area contributed by atoms with Crippen molar-refractivity contribution in [2.24, 2.45) is 5.73 Å². The number of anilines is 1. The predicted molar refractivity (Wildman–Crippen MR) is 89.8 cm³/mol. The maximum atomic E-state index is 12.6. The Labute approximate surface area is 140 Å². The molecule has 8 heteroatoms. The zero-order valence-electron chi connectivity index (χ0n) is 13.7. The molecule has 0 spiro atoms. The second-order valence-electron chi connectivity index (χ2n) is 5.11. The number of nitrogens with zero attached hydrogens (tertiary/aromatic N) is 3. The Hall–Kier alpha value is -2.87. The summed E-state index contributed by atoms with van der Waals surface area (Å²) in [7, 11) is 3.22. The number of ether oxygens (including phenoxy) is 2. The van der Waals surface area contributed by atoms with Crippen molar-refractivity contribution in [3.63, 3.8) is 0 Å². The van der Waals surface area contributed by atoms with E-state index in [1.807, 2.05) is 0 Å². The minimum absolute atomic E-state index is 0.157. The van der Waals surface area contributed by atoms with Crippen molar-refractivity contribution in [1.82, 2.24) is 14.9 Å². The molecule has 2 rings (SSSR count). The Morgan fingerprint density at radius 3 is 2.58 bits per heavy atom. The molecule has 0 unspecified atom stereocenters. The lowest BCUT2D eigenvalue weighted by atomic mass is 10.1. The summed E-state index contributed by atoms with van der Waals surface area (Å²) >= 11 is 0. The number of carbonyl (C=O) groups is 1. The molecule has 4 N–H and O–H groups in total. The zero-order chi connectivity index (χ0) is 17.5. The quantitative estimate of drug-likeness (QED) is 0.766. The SMILES string of the molecule is COc1cc(C(=O)N(C)Cc2cnc(N)nc2)ccc1OCCN. The van der Waals surface area contributed by atoms with E-state index in [2.05, 4.69) is 9.97 Å². The average molecular weight is 331 g/mol. The maximum Gasteiger partial charge on any atom is 0.254 e. The fourth-order valence-electron chi connectivity index (χ4n) is 2.10. The van der Waals surface area contributed by atoms with E-state index < -0.39 is 0 Å². The van der Waals surface area contributed by atoms with Crippen LogP contribution < -0.4 is 20.9 Å². The number of methoxy groups -OCH3 is 1. The lowest BCUT2D eigenvalue weighted by Crippen LogP contribution is -2.26. The van der Waals surface area contributed by atoms with E-state index in [1.54, 1.807) is 42.5 Å². The van der Waals surface area contributed by atoms with E-state index in [9.17, 15) is 4.79 Å². The van der Waals surface area contributed by atoms with E-state index in [4.69, 9.17) is 20.9 Å². The van der Waals surface area contributed by atoms with Crippen molar-refractivity contribution < 1.29 is 14.3 Å². The van der Waals surface area contributed by atoms with E-state index in [0.29, 0.717) is 36.8 Å². The van der Waals surface area contributed by atoms with Crippen molar-refractivity contribution in [1.29, 1.82) is 0 Å². The van der Waals surface area contributed by atoms with E-state index in [0.717, 1.165) is 5.56 Å². The van der Waals surface area contributed by atoms with Gasteiger partial charge in [-0.05, 0) is 18.2 Å². The highest BCUT2D eigenvalue weighted by atomic mass is 16.5. The van der Waals surface area contributed by atoms with Crippen LogP contribution in [0.3, 0.4) is 0 Å². The van der Waals surface area contributed by atoms with Crippen molar-refractivity contribution in [3.05, 3.63) is 41.7 Å².